The van der Waals surface area contributed by atoms with Crippen molar-refractivity contribution < 1.29 is 18.3 Å². The summed E-state index contributed by atoms with van der Waals surface area (Å²) in [6.45, 7) is 1.90. The van der Waals surface area contributed by atoms with Crippen LogP contribution in [-0.4, -0.2) is 11.9 Å². The molecule has 1 aromatic rings. The lowest BCUT2D eigenvalue weighted by atomic mass is 9.76. The molecule has 1 aromatic carbocycles. The van der Waals surface area contributed by atoms with E-state index in [4.69, 9.17) is 4.74 Å². The number of hydrogen-bond donors (Lipinski definition) is 0. The normalized spacial score (nSPS) is 21.8. The van der Waals surface area contributed by atoms with Gasteiger partial charge in [0.25, 0.3) is 0 Å². The fraction of sp³-hybridized carbons (Fsp3) is 0.533. The van der Waals surface area contributed by atoms with Gasteiger partial charge in [0.15, 0.2) is 0 Å². The van der Waals surface area contributed by atoms with Crippen LogP contribution < -0.4 is 4.74 Å². The van der Waals surface area contributed by atoms with Gasteiger partial charge in [-0.3, -0.25) is 4.79 Å². The van der Waals surface area contributed by atoms with E-state index in [-0.39, 0.29) is 30.6 Å². The summed E-state index contributed by atoms with van der Waals surface area (Å²) < 4.78 is 31.3. The molecule has 0 heterocycles. The number of ether oxygens (including phenoxy) is 1. The van der Waals surface area contributed by atoms with Crippen LogP contribution in [0.25, 0.3) is 0 Å². The molecule has 0 aromatic heterocycles. The predicted molar refractivity (Wildman–Crippen MR) is 66.5 cm³/mol. The van der Waals surface area contributed by atoms with Crippen molar-refractivity contribution in [1.29, 1.82) is 0 Å². The van der Waals surface area contributed by atoms with Crippen molar-refractivity contribution in [3.63, 3.8) is 0 Å². The van der Waals surface area contributed by atoms with Crippen LogP contribution in [0.4, 0.5) is 8.78 Å². The van der Waals surface area contributed by atoms with Crippen LogP contribution in [0.2, 0.25) is 0 Å². The molecule has 0 saturated heterocycles. The molecule has 2 saturated carbocycles. The SMILES string of the molecule is Cc1ccc(C2CC(F)(F)C2)c(OC(=O)C2CC2)c1. The number of hydrogen-bond acceptors (Lipinski definition) is 2. The minimum Gasteiger partial charge on any atom is -0.426 e. The van der Waals surface area contributed by atoms with E-state index in [9.17, 15) is 13.6 Å². The number of carbonyl (C=O) groups excluding carboxylic acids is 1. The number of benzene rings is 1. The summed E-state index contributed by atoms with van der Waals surface area (Å²) >= 11 is 0. The molecule has 102 valence electrons. The molecule has 0 spiro atoms. The third-order valence-electron chi connectivity index (χ3n) is 3.82. The molecule has 0 amide bonds. The molecule has 3 rings (SSSR count). The number of esters is 1. The Morgan fingerprint density at radius 1 is 1.32 bits per heavy atom. The van der Waals surface area contributed by atoms with Gasteiger partial charge in [-0.15, -0.1) is 0 Å². The molecule has 0 N–H and O–H groups in total. The van der Waals surface area contributed by atoms with Gasteiger partial charge in [-0.05, 0) is 42.9 Å². The fourth-order valence-corrected chi connectivity index (χ4v) is 2.46. The largest absolute Gasteiger partial charge is 0.426 e. The molecule has 0 unspecified atom stereocenters. The van der Waals surface area contributed by atoms with E-state index in [1.165, 1.54) is 0 Å². The molecule has 4 heteroatoms. The second-order valence-electron chi connectivity index (χ2n) is 5.70. The number of halogens is 2. The Morgan fingerprint density at radius 3 is 2.58 bits per heavy atom. The Labute approximate surface area is 110 Å². The van der Waals surface area contributed by atoms with E-state index < -0.39 is 5.92 Å². The molecule has 0 bridgehead atoms. The third-order valence-corrected chi connectivity index (χ3v) is 3.82. The third kappa shape index (κ3) is 2.62. The first-order chi connectivity index (χ1) is 8.94. The van der Waals surface area contributed by atoms with Gasteiger partial charge < -0.3 is 4.74 Å². The van der Waals surface area contributed by atoms with Gasteiger partial charge >= 0.3 is 5.97 Å². The maximum Gasteiger partial charge on any atom is 0.314 e. The first-order valence-electron chi connectivity index (χ1n) is 6.65. The van der Waals surface area contributed by atoms with Crippen LogP contribution in [0.5, 0.6) is 5.75 Å². The summed E-state index contributed by atoms with van der Waals surface area (Å²) in [5.74, 6) is -2.50. The monoisotopic (exact) mass is 266 g/mol. The lowest BCUT2D eigenvalue weighted by Gasteiger charge is -2.35. The molecule has 2 fully saturated rings. The summed E-state index contributed by atoms with van der Waals surface area (Å²) in [6.07, 6.45) is 1.46. The van der Waals surface area contributed by atoms with Crippen LogP contribution in [-0.2, 0) is 4.79 Å². The van der Waals surface area contributed by atoms with Gasteiger partial charge in [0.2, 0.25) is 5.92 Å². The highest BCUT2D eigenvalue weighted by molar-refractivity contribution is 5.77. The number of carbonyl (C=O) groups is 1. The smallest absolute Gasteiger partial charge is 0.314 e. The maximum absolute atomic E-state index is 13.0. The second-order valence-corrected chi connectivity index (χ2v) is 5.70. The topological polar surface area (TPSA) is 26.3 Å². The Morgan fingerprint density at radius 2 is 2.00 bits per heavy atom. The van der Waals surface area contributed by atoms with Crippen LogP contribution in [0.1, 0.15) is 42.7 Å². The van der Waals surface area contributed by atoms with Gasteiger partial charge in [-0.1, -0.05) is 12.1 Å². The predicted octanol–water partition coefficient (Wildman–Crippen LogP) is 3.82. The van der Waals surface area contributed by atoms with E-state index in [0.29, 0.717) is 5.75 Å². The lowest BCUT2D eigenvalue weighted by Crippen LogP contribution is -2.34. The highest BCUT2D eigenvalue weighted by atomic mass is 19.3. The van der Waals surface area contributed by atoms with Crippen molar-refractivity contribution in [2.24, 2.45) is 5.92 Å². The quantitative estimate of drug-likeness (QED) is 0.614. The number of aryl methyl sites for hydroxylation is 1. The molecule has 0 radical (unpaired) electrons. The van der Waals surface area contributed by atoms with Crippen LogP contribution in [0.3, 0.4) is 0 Å². The first kappa shape index (κ1) is 12.6. The standard InChI is InChI=1S/C15H16F2O2/c1-9-2-5-12(11-7-15(16,17)8-11)13(6-9)19-14(18)10-3-4-10/h2,5-6,10-11H,3-4,7-8H2,1H3. The van der Waals surface area contributed by atoms with Gasteiger partial charge in [0.1, 0.15) is 5.75 Å². The van der Waals surface area contributed by atoms with Crippen molar-refractivity contribution in [1.82, 2.24) is 0 Å². The number of alkyl halides is 2. The zero-order valence-electron chi connectivity index (χ0n) is 10.8. The highest BCUT2D eigenvalue weighted by Gasteiger charge is 2.47. The van der Waals surface area contributed by atoms with Crippen LogP contribution >= 0.6 is 0 Å². The van der Waals surface area contributed by atoms with Crippen molar-refractivity contribution in [2.45, 2.75) is 44.4 Å². The van der Waals surface area contributed by atoms with E-state index in [2.05, 4.69) is 0 Å². The molecule has 0 aliphatic heterocycles. The second kappa shape index (κ2) is 4.29. The zero-order chi connectivity index (χ0) is 13.6. The first-order valence-corrected chi connectivity index (χ1v) is 6.65. The van der Waals surface area contributed by atoms with Crippen molar-refractivity contribution in [3.05, 3.63) is 29.3 Å². The molecule has 2 aliphatic rings. The summed E-state index contributed by atoms with van der Waals surface area (Å²) in [7, 11) is 0. The zero-order valence-corrected chi connectivity index (χ0v) is 10.8. The van der Waals surface area contributed by atoms with Crippen molar-refractivity contribution in [2.75, 3.05) is 0 Å². The van der Waals surface area contributed by atoms with E-state index in [1.807, 2.05) is 19.1 Å². The number of rotatable bonds is 3. The Hall–Kier alpha value is -1.45. The Kier molecular flexibility index (Phi) is 2.84. The lowest BCUT2D eigenvalue weighted by molar-refractivity contribution is -0.135. The fourth-order valence-electron chi connectivity index (χ4n) is 2.46. The van der Waals surface area contributed by atoms with E-state index in [1.54, 1.807) is 6.07 Å². The Balaban J connectivity index is 1.80. The molecule has 19 heavy (non-hydrogen) atoms. The molecule has 2 nitrogen and oxygen atoms in total. The van der Waals surface area contributed by atoms with Gasteiger partial charge in [-0.2, -0.15) is 0 Å². The summed E-state index contributed by atoms with van der Waals surface area (Å²) in [4.78, 5) is 11.7. The minimum absolute atomic E-state index is 0.0104. The molecular weight excluding hydrogens is 250 g/mol. The van der Waals surface area contributed by atoms with E-state index in [0.717, 1.165) is 24.0 Å². The molecular formula is C15H16F2O2. The molecule has 0 atom stereocenters. The van der Waals surface area contributed by atoms with Gasteiger partial charge in [0.05, 0.1) is 5.92 Å². The van der Waals surface area contributed by atoms with E-state index >= 15 is 0 Å². The summed E-state index contributed by atoms with van der Waals surface area (Å²) in [5, 5.41) is 0. The average molecular weight is 266 g/mol. The van der Waals surface area contributed by atoms with Crippen molar-refractivity contribution >= 4 is 5.97 Å². The molecule has 2 aliphatic carbocycles. The van der Waals surface area contributed by atoms with Gasteiger partial charge in [-0.25, -0.2) is 8.78 Å². The van der Waals surface area contributed by atoms with Crippen molar-refractivity contribution in [3.8, 4) is 5.75 Å². The van der Waals surface area contributed by atoms with Crippen LogP contribution in [0.15, 0.2) is 18.2 Å². The Bertz CT molecular complexity index is 513. The summed E-state index contributed by atoms with van der Waals surface area (Å²) in [5.41, 5.74) is 1.71. The van der Waals surface area contributed by atoms with Crippen LogP contribution in [0, 0.1) is 12.8 Å². The minimum atomic E-state index is -2.56. The summed E-state index contributed by atoms with van der Waals surface area (Å²) in [6, 6.07) is 5.46. The van der Waals surface area contributed by atoms with Gasteiger partial charge in [0, 0.05) is 12.8 Å². The average Bonchev–Trinajstić information content (AvgIpc) is 3.09. The highest BCUT2D eigenvalue weighted by Crippen LogP contribution is 2.50. The maximum atomic E-state index is 13.0.